The number of alkyl halides is 3. The molecule has 1 nitrogen and oxygen atoms in total. The molecule has 0 heterocycles. The summed E-state index contributed by atoms with van der Waals surface area (Å²) in [6, 6.07) is 2.86. The third-order valence-corrected chi connectivity index (χ3v) is 2.11. The number of rotatable bonds is 4. The van der Waals surface area contributed by atoms with Gasteiger partial charge in [-0.2, -0.15) is 13.2 Å². The first-order valence-electron chi connectivity index (χ1n) is 4.85. The average Bonchev–Trinajstić information content (AvgIpc) is 2.15. The van der Waals surface area contributed by atoms with Crippen LogP contribution in [0.5, 0.6) is 0 Å². The number of halogens is 5. The second-order valence-corrected chi connectivity index (χ2v) is 3.49. The van der Waals surface area contributed by atoms with Crippen LogP contribution in [0.4, 0.5) is 22.0 Å². The van der Waals surface area contributed by atoms with E-state index >= 15 is 0 Å². The van der Waals surface area contributed by atoms with Gasteiger partial charge in [0.1, 0.15) is 11.6 Å². The van der Waals surface area contributed by atoms with Crippen molar-refractivity contribution in [3.05, 3.63) is 35.4 Å². The van der Waals surface area contributed by atoms with Crippen LogP contribution >= 0.6 is 0 Å². The Bertz CT molecular complexity index is 391. The predicted molar refractivity (Wildman–Crippen MR) is 50.6 cm³/mol. The highest BCUT2D eigenvalue weighted by molar-refractivity contribution is 5.96. The lowest BCUT2D eigenvalue weighted by Gasteiger charge is -2.06. The van der Waals surface area contributed by atoms with E-state index in [9.17, 15) is 26.7 Å². The van der Waals surface area contributed by atoms with E-state index in [2.05, 4.69) is 0 Å². The van der Waals surface area contributed by atoms with Gasteiger partial charge in [-0.1, -0.05) is 6.07 Å². The summed E-state index contributed by atoms with van der Waals surface area (Å²) < 4.78 is 61.6. The van der Waals surface area contributed by atoms with Crippen molar-refractivity contribution in [1.29, 1.82) is 0 Å². The van der Waals surface area contributed by atoms with Gasteiger partial charge in [-0.3, -0.25) is 4.79 Å². The van der Waals surface area contributed by atoms with E-state index in [1.807, 2.05) is 0 Å². The topological polar surface area (TPSA) is 17.1 Å². The third kappa shape index (κ3) is 4.13. The molecule has 0 aliphatic heterocycles. The fraction of sp³-hybridized carbons (Fsp3) is 0.364. The molecular weight excluding hydrogens is 243 g/mol. The number of hydrogen-bond acceptors (Lipinski definition) is 1. The zero-order valence-electron chi connectivity index (χ0n) is 8.65. The van der Waals surface area contributed by atoms with Gasteiger partial charge in [0, 0.05) is 12.8 Å². The molecule has 1 aromatic carbocycles. The highest BCUT2D eigenvalue weighted by atomic mass is 19.4. The van der Waals surface area contributed by atoms with Gasteiger partial charge in [-0.15, -0.1) is 0 Å². The minimum atomic E-state index is -4.37. The van der Waals surface area contributed by atoms with Crippen LogP contribution in [0.1, 0.15) is 29.6 Å². The van der Waals surface area contributed by atoms with Gasteiger partial charge in [0.05, 0.1) is 5.56 Å². The minimum Gasteiger partial charge on any atom is -0.294 e. The number of Topliss-reactive ketones (excluding diaryl/α,β-unsaturated/α-hetero) is 1. The third-order valence-electron chi connectivity index (χ3n) is 2.11. The van der Waals surface area contributed by atoms with Crippen molar-refractivity contribution < 1.29 is 26.7 Å². The molecule has 0 atom stereocenters. The number of benzene rings is 1. The Kier molecular flexibility index (Phi) is 4.20. The molecule has 1 rings (SSSR count). The van der Waals surface area contributed by atoms with Gasteiger partial charge < -0.3 is 0 Å². The Morgan fingerprint density at radius 2 is 1.65 bits per heavy atom. The standard InChI is InChI=1S/C11H9F5O/c12-7-3-1-4-8(13)10(7)9(17)5-2-6-11(14,15)16/h1,3-4H,2,5-6H2. The Labute approximate surface area is 94.2 Å². The van der Waals surface area contributed by atoms with Crippen LogP contribution in [0.15, 0.2) is 18.2 Å². The molecule has 0 bridgehead atoms. The normalized spacial score (nSPS) is 11.6. The first-order chi connectivity index (χ1) is 7.81. The number of ketones is 1. The van der Waals surface area contributed by atoms with Crippen LogP contribution in [0, 0.1) is 11.6 Å². The maximum Gasteiger partial charge on any atom is 0.389 e. The SMILES string of the molecule is O=C(CCCC(F)(F)F)c1c(F)cccc1F. The molecule has 0 aliphatic carbocycles. The van der Waals surface area contributed by atoms with Crippen molar-refractivity contribution in [3.63, 3.8) is 0 Å². The number of carbonyl (C=O) groups is 1. The molecule has 0 saturated heterocycles. The van der Waals surface area contributed by atoms with E-state index < -0.39 is 48.4 Å². The summed E-state index contributed by atoms with van der Waals surface area (Å²) in [5.74, 6) is -3.06. The molecule has 6 heteroatoms. The zero-order valence-corrected chi connectivity index (χ0v) is 8.65. The lowest BCUT2D eigenvalue weighted by Crippen LogP contribution is -2.10. The van der Waals surface area contributed by atoms with Gasteiger partial charge in [0.2, 0.25) is 0 Å². The molecule has 0 unspecified atom stereocenters. The van der Waals surface area contributed by atoms with E-state index in [1.54, 1.807) is 0 Å². The van der Waals surface area contributed by atoms with E-state index in [1.165, 1.54) is 0 Å². The summed E-state index contributed by atoms with van der Waals surface area (Å²) in [6.07, 6.45) is -6.52. The van der Waals surface area contributed by atoms with Crippen LogP contribution < -0.4 is 0 Å². The van der Waals surface area contributed by atoms with Crippen LogP contribution in [0.3, 0.4) is 0 Å². The molecule has 0 amide bonds. The molecule has 0 aliphatic rings. The second-order valence-electron chi connectivity index (χ2n) is 3.49. The summed E-state index contributed by atoms with van der Waals surface area (Å²) in [5, 5.41) is 0. The fourth-order valence-corrected chi connectivity index (χ4v) is 1.34. The smallest absolute Gasteiger partial charge is 0.294 e. The van der Waals surface area contributed by atoms with Crippen LogP contribution in [-0.4, -0.2) is 12.0 Å². The van der Waals surface area contributed by atoms with Gasteiger partial charge in [-0.05, 0) is 18.6 Å². The molecule has 17 heavy (non-hydrogen) atoms. The van der Waals surface area contributed by atoms with E-state index in [4.69, 9.17) is 0 Å². The zero-order chi connectivity index (χ0) is 13.1. The highest BCUT2D eigenvalue weighted by Crippen LogP contribution is 2.23. The summed E-state index contributed by atoms with van der Waals surface area (Å²) in [7, 11) is 0. The maximum atomic E-state index is 13.1. The van der Waals surface area contributed by atoms with E-state index in [0.29, 0.717) is 0 Å². The quantitative estimate of drug-likeness (QED) is 0.587. The van der Waals surface area contributed by atoms with Crippen LogP contribution in [0.2, 0.25) is 0 Å². The lowest BCUT2D eigenvalue weighted by molar-refractivity contribution is -0.135. The summed E-state index contributed by atoms with van der Waals surface area (Å²) >= 11 is 0. The Morgan fingerprint density at radius 1 is 1.12 bits per heavy atom. The molecule has 94 valence electrons. The number of hydrogen-bond donors (Lipinski definition) is 0. The molecule has 0 saturated carbocycles. The minimum absolute atomic E-state index is 0.476. The van der Waals surface area contributed by atoms with Crippen molar-refractivity contribution in [2.75, 3.05) is 0 Å². The summed E-state index contributed by atoms with van der Waals surface area (Å²) in [5.41, 5.74) is -0.769. The summed E-state index contributed by atoms with van der Waals surface area (Å²) in [6.45, 7) is 0. The lowest BCUT2D eigenvalue weighted by atomic mass is 10.0. The molecule has 0 N–H and O–H groups in total. The predicted octanol–water partition coefficient (Wildman–Crippen LogP) is 3.88. The van der Waals surface area contributed by atoms with Crippen LogP contribution in [0.25, 0.3) is 0 Å². The van der Waals surface area contributed by atoms with Crippen molar-refractivity contribution >= 4 is 5.78 Å². The van der Waals surface area contributed by atoms with Gasteiger partial charge in [0.15, 0.2) is 5.78 Å². The molecule has 0 aromatic heterocycles. The Balaban J connectivity index is 2.65. The molecule has 0 fully saturated rings. The first-order valence-corrected chi connectivity index (χ1v) is 4.85. The van der Waals surface area contributed by atoms with Crippen LogP contribution in [-0.2, 0) is 0 Å². The van der Waals surface area contributed by atoms with E-state index in [0.717, 1.165) is 18.2 Å². The van der Waals surface area contributed by atoms with Crippen molar-refractivity contribution in [3.8, 4) is 0 Å². The fourth-order valence-electron chi connectivity index (χ4n) is 1.34. The average molecular weight is 252 g/mol. The molecule has 1 aromatic rings. The molecular formula is C11H9F5O. The summed E-state index contributed by atoms with van der Waals surface area (Å²) in [4.78, 5) is 11.3. The van der Waals surface area contributed by atoms with Crippen molar-refractivity contribution in [2.45, 2.75) is 25.4 Å². The van der Waals surface area contributed by atoms with Gasteiger partial charge in [0.25, 0.3) is 0 Å². The Morgan fingerprint density at radius 3 is 2.12 bits per heavy atom. The molecule has 0 spiro atoms. The Hall–Kier alpha value is -1.46. The van der Waals surface area contributed by atoms with Crippen molar-refractivity contribution in [1.82, 2.24) is 0 Å². The van der Waals surface area contributed by atoms with Gasteiger partial charge >= 0.3 is 6.18 Å². The largest absolute Gasteiger partial charge is 0.389 e. The van der Waals surface area contributed by atoms with E-state index in [-0.39, 0.29) is 0 Å². The second kappa shape index (κ2) is 5.25. The first kappa shape index (κ1) is 13.6. The highest BCUT2D eigenvalue weighted by Gasteiger charge is 2.27. The van der Waals surface area contributed by atoms with Gasteiger partial charge in [-0.25, -0.2) is 8.78 Å². The van der Waals surface area contributed by atoms with Crippen molar-refractivity contribution in [2.24, 2.45) is 0 Å². The monoisotopic (exact) mass is 252 g/mol. The maximum absolute atomic E-state index is 13.1. The number of carbonyl (C=O) groups excluding carboxylic acids is 1. The molecule has 0 radical (unpaired) electrons.